The summed E-state index contributed by atoms with van der Waals surface area (Å²) in [5, 5.41) is 24.4. The lowest BCUT2D eigenvalue weighted by Crippen LogP contribution is -2.37. The molecule has 1 amide bonds. The van der Waals surface area contributed by atoms with Crippen LogP contribution in [0.25, 0.3) is 16.6 Å². The van der Waals surface area contributed by atoms with Gasteiger partial charge < -0.3 is 15.0 Å². The van der Waals surface area contributed by atoms with Crippen LogP contribution in [0.3, 0.4) is 0 Å². The minimum absolute atomic E-state index is 0.0754. The summed E-state index contributed by atoms with van der Waals surface area (Å²) in [7, 11) is 0. The minimum atomic E-state index is -4.81. The highest BCUT2D eigenvalue weighted by Crippen LogP contribution is 2.38. The zero-order valence-electron chi connectivity index (χ0n) is 15.1. The van der Waals surface area contributed by atoms with E-state index in [-0.39, 0.29) is 35.6 Å². The van der Waals surface area contributed by atoms with Gasteiger partial charge in [0.15, 0.2) is 5.65 Å². The van der Waals surface area contributed by atoms with Crippen LogP contribution in [0.5, 0.6) is 0 Å². The molecule has 3 heterocycles. The van der Waals surface area contributed by atoms with Gasteiger partial charge in [-0.25, -0.2) is 9.31 Å². The van der Waals surface area contributed by atoms with Crippen LogP contribution in [0.2, 0.25) is 0 Å². The number of nitro groups is 1. The average molecular weight is 425 g/mol. The molecule has 3 aromatic rings. The number of non-ortho nitro benzene ring substituents is 1. The van der Waals surface area contributed by atoms with E-state index in [9.17, 15) is 32.9 Å². The minimum Gasteiger partial charge on any atom is -0.465 e. The lowest BCUT2D eigenvalue weighted by molar-refractivity contribution is -0.383. The first-order chi connectivity index (χ1) is 14.1. The average Bonchev–Trinajstić information content (AvgIpc) is 3.04. The maximum Gasteiger partial charge on any atom is 0.416 e. The van der Waals surface area contributed by atoms with Crippen molar-refractivity contribution in [1.82, 2.24) is 19.5 Å². The van der Waals surface area contributed by atoms with Crippen molar-refractivity contribution in [2.24, 2.45) is 0 Å². The highest BCUT2D eigenvalue weighted by atomic mass is 19.4. The number of H-pyrrole nitrogens is 1. The summed E-state index contributed by atoms with van der Waals surface area (Å²) in [5.41, 5.74) is -2.62. The van der Waals surface area contributed by atoms with Gasteiger partial charge in [0.25, 0.3) is 11.2 Å². The number of piperidine rings is 1. The molecule has 0 unspecified atom stereocenters. The van der Waals surface area contributed by atoms with Gasteiger partial charge in [-0.3, -0.25) is 14.9 Å². The molecular weight excluding hydrogens is 411 g/mol. The summed E-state index contributed by atoms with van der Waals surface area (Å²) in [6.07, 6.45) is -5.13. The van der Waals surface area contributed by atoms with Crippen LogP contribution in [-0.2, 0) is 6.18 Å². The number of carboxylic acid groups (broad SMARTS) is 1. The van der Waals surface area contributed by atoms with E-state index >= 15 is 0 Å². The van der Waals surface area contributed by atoms with Gasteiger partial charge in [0.1, 0.15) is 10.9 Å². The van der Waals surface area contributed by atoms with Crippen molar-refractivity contribution in [3.63, 3.8) is 0 Å². The predicted molar refractivity (Wildman–Crippen MR) is 96.5 cm³/mol. The van der Waals surface area contributed by atoms with E-state index in [0.29, 0.717) is 30.7 Å². The molecule has 1 aromatic carbocycles. The summed E-state index contributed by atoms with van der Waals surface area (Å²) in [4.78, 5) is 37.5. The molecule has 2 aromatic heterocycles. The molecule has 0 saturated carbocycles. The molecule has 0 spiro atoms. The molecule has 1 fully saturated rings. The number of fused-ring (bicyclic) bond motifs is 3. The molecule has 1 saturated heterocycles. The maximum atomic E-state index is 13.2. The number of amides is 1. The summed E-state index contributed by atoms with van der Waals surface area (Å²) in [6.45, 7) is 0.431. The largest absolute Gasteiger partial charge is 0.465 e. The molecule has 0 atom stereocenters. The number of likely N-dealkylation sites (tertiary alicyclic amines) is 1. The van der Waals surface area contributed by atoms with Crippen LogP contribution < -0.4 is 5.56 Å². The maximum absolute atomic E-state index is 13.2. The molecule has 0 radical (unpaired) electrons. The van der Waals surface area contributed by atoms with Crippen LogP contribution in [-0.4, -0.2) is 48.7 Å². The van der Waals surface area contributed by atoms with Crippen LogP contribution in [0.4, 0.5) is 23.7 Å². The van der Waals surface area contributed by atoms with Gasteiger partial charge in [0.05, 0.1) is 16.2 Å². The molecule has 0 aliphatic carbocycles. The molecule has 13 heteroatoms. The highest BCUT2D eigenvalue weighted by molar-refractivity contribution is 6.00. The fourth-order valence-electron chi connectivity index (χ4n) is 3.81. The molecule has 0 bridgehead atoms. The number of nitro benzene ring substituents is 1. The monoisotopic (exact) mass is 425 g/mol. The summed E-state index contributed by atoms with van der Waals surface area (Å²) in [5.74, 6) is -0.291. The third-order valence-corrected chi connectivity index (χ3v) is 5.23. The smallest absolute Gasteiger partial charge is 0.416 e. The van der Waals surface area contributed by atoms with Crippen molar-refractivity contribution in [3.8, 4) is 0 Å². The summed E-state index contributed by atoms with van der Waals surface area (Å²) in [6, 6.07) is 2.35. The van der Waals surface area contributed by atoms with E-state index in [1.165, 1.54) is 15.5 Å². The lowest BCUT2D eigenvalue weighted by Gasteiger charge is -2.30. The Morgan fingerprint density at radius 2 is 1.93 bits per heavy atom. The van der Waals surface area contributed by atoms with Gasteiger partial charge in [-0.05, 0) is 18.9 Å². The molecule has 2 N–H and O–H groups in total. The molecule has 1 aliphatic heterocycles. The second-order valence-electron chi connectivity index (χ2n) is 7.01. The number of hydrogen-bond donors (Lipinski definition) is 2. The van der Waals surface area contributed by atoms with Crippen LogP contribution in [0, 0.1) is 10.1 Å². The quantitative estimate of drug-likeness (QED) is 0.479. The van der Waals surface area contributed by atoms with E-state index in [0.717, 1.165) is 0 Å². The zero-order chi connectivity index (χ0) is 21.8. The predicted octanol–water partition coefficient (Wildman–Crippen LogP) is 2.96. The zero-order valence-corrected chi connectivity index (χ0v) is 15.1. The summed E-state index contributed by atoms with van der Waals surface area (Å²) >= 11 is 0. The Labute approximate surface area is 164 Å². The number of alkyl halides is 3. The Morgan fingerprint density at radius 3 is 2.50 bits per heavy atom. The number of aromatic nitrogens is 3. The van der Waals surface area contributed by atoms with E-state index in [1.54, 1.807) is 0 Å². The molecule has 1 aliphatic rings. The number of hydrogen-bond acceptors (Lipinski definition) is 5. The third kappa shape index (κ3) is 3.21. The molecular formula is C17H14F3N5O5. The third-order valence-electron chi connectivity index (χ3n) is 5.23. The first-order valence-electron chi connectivity index (χ1n) is 8.85. The van der Waals surface area contributed by atoms with Crippen molar-refractivity contribution in [2.75, 3.05) is 13.1 Å². The van der Waals surface area contributed by atoms with E-state index in [2.05, 4.69) is 10.1 Å². The van der Waals surface area contributed by atoms with E-state index < -0.39 is 34.0 Å². The Morgan fingerprint density at radius 1 is 1.27 bits per heavy atom. The first-order valence-corrected chi connectivity index (χ1v) is 8.85. The van der Waals surface area contributed by atoms with E-state index in [1.807, 2.05) is 0 Å². The van der Waals surface area contributed by atoms with Gasteiger partial charge in [0.2, 0.25) is 0 Å². The SMILES string of the molecule is O=C(O)N1CCC(c2cc(=O)[nH]c3c4c([N+](=O)[O-])cc(C(F)(F)F)cc4nn23)CC1. The van der Waals surface area contributed by atoms with E-state index in [4.69, 9.17) is 5.11 Å². The van der Waals surface area contributed by atoms with Crippen LogP contribution in [0.15, 0.2) is 23.0 Å². The van der Waals surface area contributed by atoms with Gasteiger partial charge in [-0.15, -0.1) is 0 Å². The van der Waals surface area contributed by atoms with Gasteiger partial charge in [-0.1, -0.05) is 0 Å². The number of nitrogens with one attached hydrogen (secondary N) is 1. The number of rotatable bonds is 2. The Bertz CT molecular complexity index is 1240. The lowest BCUT2D eigenvalue weighted by atomic mass is 9.93. The van der Waals surface area contributed by atoms with Gasteiger partial charge in [-0.2, -0.15) is 18.3 Å². The number of nitrogens with zero attached hydrogens (tertiary/aromatic N) is 4. The number of benzene rings is 1. The Balaban J connectivity index is 1.93. The Hall–Kier alpha value is -3.64. The second kappa shape index (κ2) is 6.71. The molecule has 4 rings (SSSR count). The molecule has 158 valence electrons. The summed E-state index contributed by atoms with van der Waals surface area (Å²) < 4.78 is 40.8. The number of aromatic amines is 1. The fourth-order valence-corrected chi connectivity index (χ4v) is 3.81. The van der Waals surface area contributed by atoms with Gasteiger partial charge >= 0.3 is 12.3 Å². The van der Waals surface area contributed by atoms with Crippen molar-refractivity contribution < 1.29 is 28.0 Å². The topological polar surface area (TPSA) is 134 Å². The molecule has 10 nitrogen and oxygen atoms in total. The fraction of sp³-hybridized carbons (Fsp3) is 0.353. The highest BCUT2D eigenvalue weighted by Gasteiger charge is 2.35. The van der Waals surface area contributed by atoms with Gasteiger partial charge in [0, 0.05) is 31.1 Å². The van der Waals surface area contributed by atoms with Crippen LogP contribution in [0.1, 0.15) is 30.0 Å². The number of carbonyl (C=O) groups is 1. The van der Waals surface area contributed by atoms with Crippen molar-refractivity contribution >= 4 is 28.3 Å². The van der Waals surface area contributed by atoms with Crippen molar-refractivity contribution in [2.45, 2.75) is 24.9 Å². The molecule has 30 heavy (non-hydrogen) atoms. The Kier molecular flexibility index (Phi) is 4.40. The first kappa shape index (κ1) is 19.7. The van der Waals surface area contributed by atoms with Crippen molar-refractivity contribution in [3.05, 3.63) is 49.9 Å². The normalized spacial score (nSPS) is 15.8. The van der Waals surface area contributed by atoms with Crippen molar-refractivity contribution in [1.29, 1.82) is 0 Å². The second-order valence-corrected chi connectivity index (χ2v) is 7.01. The number of halogens is 3. The van der Waals surface area contributed by atoms with Crippen LogP contribution >= 0.6 is 0 Å². The standard InChI is InChI=1S/C17H14F3N5O5/c18-17(19,20)9-5-10-14(12(6-9)25(29)30)15-21-13(26)7-11(24(15)22-10)8-1-3-23(4-2-8)16(27)28/h5-8H,1-4H2,(H,21,26)(H,27,28).